The van der Waals surface area contributed by atoms with Crippen molar-refractivity contribution < 1.29 is 22.0 Å². The normalized spacial score (nSPS) is 11.9. The molecule has 7 heteroatoms. The van der Waals surface area contributed by atoms with Crippen LogP contribution in [0.3, 0.4) is 0 Å². The van der Waals surface area contributed by atoms with Crippen LogP contribution >= 0.6 is 0 Å². The maximum Gasteiger partial charge on any atom is 0.419 e. The Balaban J connectivity index is 2.26. The van der Waals surface area contributed by atoms with Gasteiger partial charge < -0.3 is 9.73 Å². The second-order valence-electron chi connectivity index (χ2n) is 4.49. The summed E-state index contributed by atoms with van der Waals surface area (Å²) in [5, 5.41) is 3.07. The minimum atomic E-state index is -4.75. The number of halogens is 4. The van der Waals surface area contributed by atoms with Crippen LogP contribution in [-0.4, -0.2) is 11.5 Å². The van der Waals surface area contributed by atoms with E-state index in [1.807, 2.05) is 6.92 Å². The smallest absolute Gasteiger partial charge is 0.419 e. The van der Waals surface area contributed by atoms with Gasteiger partial charge in [-0.15, -0.1) is 0 Å². The molecule has 0 amide bonds. The largest absolute Gasteiger partial charge is 0.444 e. The number of benzene rings is 1. The number of hydrogen-bond acceptors (Lipinski definition) is 3. The molecular formula is C14H14F4N2O. The molecule has 3 nitrogen and oxygen atoms in total. The van der Waals surface area contributed by atoms with Crippen molar-refractivity contribution in [1.82, 2.24) is 10.3 Å². The molecule has 0 spiro atoms. The fourth-order valence-electron chi connectivity index (χ4n) is 1.82. The molecule has 0 bridgehead atoms. The van der Waals surface area contributed by atoms with Gasteiger partial charge in [-0.25, -0.2) is 9.37 Å². The molecule has 0 radical (unpaired) electrons. The number of rotatable bonds is 5. The van der Waals surface area contributed by atoms with Crippen LogP contribution in [0.25, 0.3) is 11.5 Å². The van der Waals surface area contributed by atoms with Crippen molar-refractivity contribution in [3.63, 3.8) is 0 Å². The molecule has 2 aromatic rings. The van der Waals surface area contributed by atoms with Gasteiger partial charge in [0.25, 0.3) is 0 Å². The lowest BCUT2D eigenvalue weighted by Gasteiger charge is -2.09. The van der Waals surface area contributed by atoms with Crippen LogP contribution < -0.4 is 5.32 Å². The van der Waals surface area contributed by atoms with E-state index in [2.05, 4.69) is 10.3 Å². The monoisotopic (exact) mass is 302 g/mol. The van der Waals surface area contributed by atoms with Gasteiger partial charge in [0, 0.05) is 6.54 Å². The lowest BCUT2D eigenvalue weighted by molar-refractivity contribution is -0.139. The molecule has 0 atom stereocenters. The van der Waals surface area contributed by atoms with E-state index >= 15 is 0 Å². The standard InChI is InChI=1S/C14H14F4N2O/c1-2-6-19-7-9-8-21-13(20-9)10-4-3-5-11(12(10)15)14(16,17)18/h3-5,8,19H,2,6-7H2,1H3. The molecule has 0 unspecified atom stereocenters. The molecule has 0 fully saturated rings. The van der Waals surface area contributed by atoms with E-state index in [0.717, 1.165) is 19.0 Å². The maximum atomic E-state index is 13.9. The molecule has 1 aromatic heterocycles. The first kappa shape index (κ1) is 15.5. The highest BCUT2D eigenvalue weighted by atomic mass is 19.4. The summed E-state index contributed by atoms with van der Waals surface area (Å²) in [6, 6.07) is 3.02. The van der Waals surface area contributed by atoms with Gasteiger partial charge in [0.15, 0.2) is 0 Å². The van der Waals surface area contributed by atoms with E-state index in [1.165, 1.54) is 12.3 Å². The third-order valence-corrected chi connectivity index (χ3v) is 2.82. The molecule has 1 aromatic carbocycles. The number of oxazole rings is 1. The lowest BCUT2D eigenvalue weighted by Crippen LogP contribution is -2.13. The van der Waals surface area contributed by atoms with E-state index in [4.69, 9.17) is 4.42 Å². The topological polar surface area (TPSA) is 38.1 Å². The number of alkyl halides is 3. The van der Waals surface area contributed by atoms with E-state index in [9.17, 15) is 17.6 Å². The molecule has 21 heavy (non-hydrogen) atoms. The third kappa shape index (κ3) is 3.60. The second kappa shape index (κ2) is 6.26. The number of aromatic nitrogens is 1. The maximum absolute atomic E-state index is 13.9. The third-order valence-electron chi connectivity index (χ3n) is 2.82. The molecule has 0 saturated heterocycles. The highest BCUT2D eigenvalue weighted by molar-refractivity contribution is 5.56. The SMILES string of the molecule is CCCNCc1coc(-c2cccc(C(F)(F)F)c2F)n1. The summed E-state index contributed by atoms with van der Waals surface area (Å²) >= 11 is 0. The predicted molar refractivity (Wildman–Crippen MR) is 68.9 cm³/mol. The van der Waals surface area contributed by atoms with Crippen LogP contribution in [0.15, 0.2) is 28.9 Å². The Kier molecular flexibility index (Phi) is 4.62. The summed E-state index contributed by atoms with van der Waals surface area (Å²) in [4.78, 5) is 4.00. The van der Waals surface area contributed by atoms with Crippen molar-refractivity contribution in [3.05, 3.63) is 41.5 Å². The van der Waals surface area contributed by atoms with Gasteiger partial charge in [-0.1, -0.05) is 13.0 Å². The highest BCUT2D eigenvalue weighted by Gasteiger charge is 2.35. The molecule has 0 aliphatic rings. The lowest BCUT2D eigenvalue weighted by atomic mass is 10.1. The van der Waals surface area contributed by atoms with Crippen LogP contribution in [0.5, 0.6) is 0 Å². The van der Waals surface area contributed by atoms with Gasteiger partial charge >= 0.3 is 6.18 Å². The minimum Gasteiger partial charge on any atom is -0.444 e. The molecule has 0 saturated carbocycles. The fraction of sp³-hybridized carbons (Fsp3) is 0.357. The molecule has 1 N–H and O–H groups in total. The van der Waals surface area contributed by atoms with Crippen molar-refractivity contribution in [3.8, 4) is 11.5 Å². The molecule has 0 aliphatic carbocycles. The zero-order valence-corrected chi connectivity index (χ0v) is 11.3. The average Bonchev–Trinajstić information content (AvgIpc) is 2.86. The first-order valence-electron chi connectivity index (χ1n) is 6.44. The highest BCUT2D eigenvalue weighted by Crippen LogP contribution is 2.35. The Hall–Kier alpha value is -1.89. The van der Waals surface area contributed by atoms with Crippen molar-refractivity contribution in [2.45, 2.75) is 26.1 Å². The van der Waals surface area contributed by atoms with Crippen LogP contribution in [0.2, 0.25) is 0 Å². The Morgan fingerprint density at radius 3 is 2.71 bits per heavy atom. The van der Waals surface area contributed by atoms with Crippen molar-refractivity contribution in [2.75, 3.05) is 6.54 Å². The van der Waals surface area contributed by atoms with Gasteiger partial charge in [0.1, 0.15) is 12.1 Å². The van der Waals surface area contributed by atoms with Gasteiger partial charge in [-0.3, -0.25) is 0 Å². The van der Waals surface area contributed by atoms with Gasteiger partial charge in [-0.05, 0) is 25.1 Å². The van der Waals surface area contributed by atoms with E-state index in [0.29, 0.717) is 18.3 Å². The van der Waals surface area contributed by atoms with E-state index < -0.39 is 17.6 Å². The summed E-state index contributed by atoms with van der Waals surface area (Å²) in [6.45, 7) is 3.19. The van der Waals surface area contributed by atoms with Crippen molar-refractivity contribution in [2.24, 2.45) is 0 Å². The zero-order valence-electron chi connectivity index (χ0n) is 11.3. The molecular weight excluding hydrogens is 288 g/mol. The molecule has 1 heterocycles. The molecule has 0 aliphatic heterocycles. The van der Waals surface area contributed by atoms with Crippen LogP contribution in [0, 0.1) is 5.82 Å². The molecule has 2 rings (SSSR count). The summed E-state index contributed by atoms with van der Waals surface area (Å²) in [7, 11) is 0. The minimum absolute atomic E-state index is 0.160. The predicted octanol–water partition coefficient (Wildman–Crippen LogP) is 4.00. The van der Waals surface area contributed by atoms with E-state index in [-0.39, 0.29) is 11.5 Å². The van der Waals surface area contributed by atoms with Crippen LogP contribution in [-0.2, 0) is 12.7 Å². The molecule has 114 valence electrons. The summed E-state index contributed by atoms with van der Waals surface area (Å²) in [5.74, 6) is -1.54. The Bertz CT molecular complexity index is 607. The zero-order chi connectivity index (χ0) is 15.5. The fourth-order valence-corrected chi connectivity index (χ4v) is 1.82. The number of nitrogens with zero attached hydrogens (tertiary/aromatic N) is 1. The second-order valence-corrected chi connectivity index (χ2v) is 4.49. The van der Waals surface area contributed by atoms with Crippen LogP contribution in [0.4, 0.5) is 17.6 Å². The van der Waals surface area contributed by atoms with Crippen LogP contribution in [0.1, 0.15) is 24.6 Å². The summed E-state index contributed by atoms with van der Waals surface area (Å²) in [6.07, 6.45) is -2.51. The summed E-state index contributed by atoms with van der Waals surface area (Å²) in [5.41, 5.74) is -1.12. The quantitative estimate of drug-likeness (QED) is 0.670. The summed E-state index contributed by atoms with van der Waals surface area (Å²) < 4.78 is 57.0. The Morgan fingerprint density at radius 2 is 2.05 bits per heavy atom. The van der Waals surface area contributed by atoms with Crippen molar-refractivity contribution >= 4 is 0 Å². The average molecular weight is 302 g/mol. The Labute approximate surface area is 119 Å². The number of nitrogens with one attached hydrogen (secondary N) is 1. The van der Waals surface area contributed by atoms with Gasteiger partial charge in [0.05, 0.1) is 16.8 Å². The number of hydrogen-bond donors (Lipinski definition) is 1. The van der Waals surface area contributed by atoms with Crippen molar-refractivity contribution in [1.29, 1.82) is 0 Å². The van der Waals surface area contributed by atoms with Gasteiger partial charge in [-0.2, -0.15) is 13.2 Å². The van der Waals surface area contributed by atoms with E-state index in [1.54, 1.807) is 0 Å². The Morgan fingerprint density at radius 1 is 1.29 bits per heavy atom. The first-order valence-corrected chi connectivity index (χ1v) is 6.44. The van der Waals surface area contributed by atoms with Gasteiger partial charge in [0.2, 0.25) is 5.89 Å². The first-order chi connectivity index (χ1) is 9.93.